The van der Waals surface area contributed by atoms with Crippen molar-refractivity contribution < 1.29 is 5.11 Å². The molecule has 2 aromatic rings. The Hall–Kier alpha value is -0.790. The maximum Gasteiger partial charge on any atom is 0.191 e. The van der Waals surface area contributed by atoms with Crippen molar-refractivity contribution in [1.82, 2.24) is 10.6 Å². The van der Waals surface area contributed by atoms with Crippen LogP contribution in [0.3, 0.4) is 0 Å². The lowest BCUT2D eigenvalue weighted by molar-refractivity contribution is 0.184. The fourth-order valence-electron chi connectivity index (χ4n) is 1.64. The predicted octanol–water partition coefficient (Wildman–Crippen LogP) is 3.52. The maximum atomic E-state index is 10.1. The lowest BCUT2D eigenvalue weighted by Gasteiger charge is -2.14. The molecule has 0 amide bonds. The molecule has 0 fully saturated rings. The third-order valence-corrected chi connectivity index (χ3v) is 5.23. The van der Waals surface area contributed by atoms with E-state index >= 15 is 0 Å². The van der Waals surface area contributed by atoms with Gasteiger partial charge in [-0.05, 0) is 24.3 Å². The molecule has 8 heteroatoms. The Morgan fingerprint density at radius 2 is 1.90 bits per heavy atom. The highest BCUT2D eigenvalue weighted by Crippen LogP contribution is 2.26. The summed E-state index contributed by atoms with van der Waals surface area (Å²) in [5.74, 6) is 0.626. The molecular formula is C13H15Cl2N3OS2. The number of aliphatic hydroxyl groups is 1. The van der Waals surface area contributed by atoms with Gasteiger partial charge in [0.25, 0.3) is 0 Å². The van der Waals surface area contributed by atoms with Gasteiger partial charge in [-0.25, -0.2) is 0 Å². The van der Waals surface area contributed by atoms with Crippen LogP contribution in [0.1, 0.15) is 15.9 Å². The number of halogens is 2. The molecule has 0 radical (unpaired) electrons. The van der Waals surface area contributed by atoms with Gasteiger partial charge in [0.1, 0.15) is 6.10 Å². The van der Waals surface area contributed by atoms with Gasteiger partial charge in [-0.15, -0.1) is 22.7 Å². The molecule has 0 saturated carbocycles. The Morgan fingerprint density at radius 1 is 1.19 bits per heavy atom. The zero-order chi connectivity index (χ0) is 15.2. The lowest BCUT2D eigenvalue weighted by atomic mass is 10.3. The van der Waals surface area contributed by atoms with E-state index in [0.717, 1.165) is 14.1 Å². The highest BCUT2D eigenvalue weighted by atomic mass is 35.5. The van der Waals surface area contributed by atoms with Crippen LogP contribution in [0.5, 0.6) is 0 Å². The van der Waals surface area contributed by atoms with Crippen molar-refractivity contribution >= 4 is 51.8 Å². The molecule has 1 unspecified atom stereocenters. The monoisotopic (exact) mass is 363 g/mol. The van der Waals surface area contributed by atoms with E-state index in [1.165, 1.54) is 22.7 Å². The first-order valence-corrected chi connectivity index (χ1v) is 8.59. The van der Waals surface area contributed by atoms with E-state index in [9.17, 15) is 5.11 Å². The summed E-state index contributed by atoms with van der Waals surface area (Å²) in [5, 5.41) is 16.3. The van der Waals surface area contributed by atoms with Crippen molar-refractivity contribution in [3.63, 3.8) is 0 Å². The van der Waals surface area contributed by atoms with Gasteiger partial charge in [0.2, 0.25) is 0 Å². The number of nitrogens with one attached hydrogen (secondary N) is 2. The van der Waals surface area contributed by atoms with Gasteiger partial charge in [0.15, 0.2) is 5.96 Å². The molecule has 0 spiro atoms. The van der Waals surface area contributed by atoms with Gasteiger partial charge >= 0.3 is 0 Å². The van der Waals surface area contributed by atoms with Gasteiger partial charge in [0.05, 0.1) is 15.2 Å². The van der Waals surface area contributed by atoms with Crippen molar-refractivity contribution in [2.45, 2.75) is 12.6 Å². The third kappa shape index (κ3) is 5.16. The molecule has 2 heterocycles. The molecule has 1 atom stereocenters. The van der Waals surface area contributed by atoms with Crippen molar-refractivity contribution in [3.05, 3.63) is 42.7 Å². The molecule has 0 aliphatic carbocycles. The van der Waals surface area contributed by atoms with Gasteiger partial charge in [0, 0.05) is 23.3 Å². The van der Waals surface area contributed by atoms with Crippen LogP contribution in [0, 0.1) is 0 Å². The largest absolute Gasteiger partial charge is 0.386 e. The molecule has 3 N–H and O–H groups in total. The summed E-state index contributed by atoms with van der Waals surface area (Å²) in [5.41, 5.74) is 0. The van der Waals surface area contributed by atoms with Crippen LogP contribution in [-0.4, -0.2) is 24.7 Å². The van der Waals surface area contributed by atoms with Crippen molar-refractivity contribution in [1.29, 1.82) is 0 Å². The van der Waals surface area contributed by atoms with Gasteiger partial charge in [-0.1, -0.05) is 23.2 Å². The summed E-state index contributed by atoms with van der Waals surface area (Å²) >= 11 is 14.6. The SMILES string of the molecule is CN=C(NCc1ccc(Cl)s1)NCC(O)c1ccc(Cl)s1. The smallest absolute Gasteiger partial charge is 0.191 e. The molecule has 2 aromatic heterocycles. The van der Waals surface area contributed by atoms with Crippen LogP contribution < -0.4 is 10.6 Å². The second kappa shape index (κ2) is 8.00. The van der Waals surface area contributed by atoms with Crippen molar-refractivity contribution in [2.75, 3.05) is 13.6 Å². The normalized spacial score (nSPS) is 13.2. The minimum atomic E-state index is -0.614. The first-order valence-electron chi connectivity index (χ1n) is 6.20. The van der Waals surface area contributed by atoms with E-state index in [-0.39, 0.29) is 0 Å². The third-order valence-electron chi connectivity index (χ3n) is 2.67. The van der Waals surface area contributed by atoms with Crippen LogP contribution in [0.15, 0.2) is 29.3 Å². The first-order chi connectivity index (χ1) is 10.1. The number of nitrogens with zero attached hydrogens (tertiary/aromatic N) is 1. The van der Waals surface area contributed by atoms with E-state index in [0.29, 0.717) is 23.4 Å². The summed E-state index contributed by atoms with van der Waals surface area (Å²) in [6.07, 6.45) is -0.614. The lowest BCUT2D eigenvalue weighted by Crippen LogP contribution is -2.38. The number of guanidine groups is 1. The Kier molecular flexibility index (Phi) is 6.32. The van der Waals surface area contributed by atoms with E-state index in [1.54, 1.807) is 13.1 Å². The summed E-state index contributed by atoms with van der Waals surface area (Å²) in [7, 11) is 1.69. The highest BCUT2D eigenvalue weighted by Gasteiger charge is 2.11. The second-order valence-corrected chi connectivity index (χ2v) is 7.72. The van der Waals surface area contributed by atoms with Gasteiger partial charge in [-0.3, -0.25) is 4.99 Å². The van der Waals surface area contributed by atoms with Crippen LogP contribution in [0.4, 0.5) is 0 Å². The molecule has 0 aliphatic heterocycles. The number of thiophene rings is 2. The van der Waals surface area contributed by atoms with Crippen molar-refractivity contribution in [2.24, 2.45) is 4.99 Å². The summed E-state index contributed by atoms with van der Waals surface area (Å²) in [6.45, 7) is 1.000. The molecule has 4 nitrogen and oxygen atoms in total. The minimum Gasteiger partial charge on any atom is -0.386 e. The standard InChI is InChI=1S/C13H15Cl2N3OS2/c1-16-13(17-6-8-2-4-11(14)20-8)18-7-9(19)10-3-5-12(15)21-10/h2-5,9,19H,6-7H2,1H3,(H2,16,17,18). The Balaban J connectivity index is 1.80. The molecule has 114 valence electrons. The maximum absolute atomic E-state index is 10.1. The highest BCUT2D eigenvalue weighted by molar-refractivity contribution is 7.16. The van der Waals surface area contributed by atoms with Crippen molar-refractivity contribution in [3.8, 4) is 0 Å². The average molecular weight is 364 g/mol. The zero-order valence-corrected chi connectivity index (χ0v) is 14.4. The molecule has 0 aliphatic rings. The quantitative estimate of drug-likeness (QED) is 0.562. The molecule has 0 saturated heterocycles. The molecular weight excluding hydrogens is 349 g/mol. The average Bonchev–Trinajstić information content (AvgIpc) is 3.07. The second-order valence-electron chi connectivity index (χ2n) is 4.17. The minimum absolute atomic E-state index is 0.363. The van der Waals surface area contributed by atoms with E-state index in [4.69, 9.17) is 23.2 Å². The summed E-state index contributed by atoms with van der Waals surface area (Å²) in [4.78, 5) is 6.06. The number of rotatable bonds is 5. The van der Waals surface area contributed by atoms with E-state index in [2.05, 4.69) is 15.6 Å². The Labute approximate surface area is 141 Å². The number of aliphatic hydroxyl groups excluding tert-OH is 1. The molecule has 0 bridgehead atoms. The summed E-state index contributed by atoms with van der Waals surface area (Å²) in [6, 6.07) is 7.43. The first kappa shape index (κ1) is 16.6. The predicted molar refractivity (Wildman–Crippen MR) is 91.8 cm³/mol. The number of hydrogen-bond acceptors (Lipinski definition) is 4. The topological polar surface area (TPSA) is 56.7 Å². The van der Waals surface area contributed by atoms with E-state index in [1.807, 2.05) is 18.2 Å². The molecule has 0 aromatic carbocycles. The number of aliphatic imine (C=N–C) groups is 1. The van der Waals surface area contributed by atoms with Crippen LogP contribution in [0.2, 0.25) is 8.67 Å². The van der Waals surface area contributed by atoms with E-state index < -0.39 is 6.10 Å². The Morgan fingerprint density at radius 3 is 2.48 bits per heavy atom. The number of hydrogen-bond donors (Lipinski definition) is 3. The molecule has 2 rings (SSSR count). The van der Waals surface area contributed by atoms with Crippen LogP contribution in [-0.2, 0) is 6.54 Å². The molecule has 21 heavy (non-hydrogen) atoms. The van der Waals surface area contributed by atoms with Gasteiger partial charge in [-0.2, -0.15) is 0 Å². The van der Waals surface area contributed by atoms with Crippen LogP contribution in [0.25, 0.3) is 0 Å². The Bertz CT molecular complexity index is 612. The van der Waals surface area contributed by atoms with Crippen LogP contribution >= 0.6 is 45.9 Å². The van der Waals surface area contributed by atoms with Gasteiger partial charge < -0.3 is 15.7 Å². The fraction of sp³-hybridized carbons (Fsp3) is 0.308. The fourth-order valence-corrected chi connectivity index (χ4v) is 3.71. The zero-order valence-electron chi connectivity index (χ0n) is 11.3. The summed E-state index contributed by atoms with van der Waals surface area (Å²) < 4.78 is 1.43.